The highest BCUT2D eigenvalue weighted by molar-refractivity contribution is 5.99. The Bertz CT molecular complexity index is 1380. The zero-order chi connectivity index (χ0) is 28.6. The van der Waals surface area contributed by atoms with E-state index in [0.717, 1.165) is 5.56 Å². The van der Waals surface area contributed by atoms with Gasteiger partial charge in [-0.15, -0.1) is 0 Å². The lowest BCUT2D eigenvalue weighted by atomic mass is 10.2. The topological polar surface area (TPSA) is 132 Å². The molecule has 210 valence electrons. The maximum atomic E-state index is 13.3. The molecule has 1 aliphatic rings. The molecule has 1 aliphatic heterocycles. The molecule has 1 aromatic heterocycles. The number of hydrogen-bond acceptors (Lipinski definition) is 9. The first-order chi connectivity index (χ1) is 19.2. The van der Waals surface area contributed by atoms with E-state index in [0.29, 0.717) is 49.1 Å². The van der Waals surface area contributed by atoms with Gasteiger partial charge < -0.3 is 35.6 Å². The SMILES string of the molecule is C=CC(=O)Nc1cccc(Nc2nc(Nc3ccc(N4CCN(C(=O)CO)CC4)cc3OC(F)F)ncc2C)c1. The van der Waals surface area contributed by atoms with Gasteiger partial charge in [0, 0.05) is 61.1 Å². The number of halogens is 2. The van der Waals surface area contributed by atoms with Crippen LogP contribution in [0.15, 0.2) is 61.3 Å². The third-order valence-corrected chi connectivity index (χ3v) is 6.11. The fourth-order valence-corrected chi connectivity index (χ4v) is 4.07. The number of aliphatic hydroxyl groups excluding tert-OH is 1. The Morgan fingerprint density at radius 1 is 1.12 bits per heavy atom. The van der Waals surface area contributed by atoms with Crippen LogP contribution in [0.25, 0.3) is 0 Å². The first-order valence-corrected chi connectivity index (χ1v) is 12.4. The fraction of sp³-hybridized carbons (Fsp3) is 0.259. The van der Waals surface area contributed by atoms with E-state index in [1.54, 1.807) is 47.5 Å². The van der Waals surface area contributed by atoms with Crippen molar-refractivity contribution < 1.29 is 28.2 Å². The highest BCUT2D eigenvalue weighted by Gasteiger charge is 2.22. The first kappa shape index (κ1) is 28.2. The molecule has 2 heterocycles. The Kier molecular flexibility index (Phi) is 9.07. The number of nitrogens with one attached hydrogen (secondary N) is 3. The minimum atomic E-state index is -3.06. The van der Waals surface area contributed by atoms with Crippen molar-refractivity contribution in [1.82, 2.24) is 14.9 Å². The number of aryl methyl sites for hydroxylation is 1. The van der Waals surface area contributed by atoms with E-state index in [9.17, 15) is 18.4 Å². The van der Waals surface area contributed by atoms with Crippen LogP contribution >= 0.6 is 0 Å². The Balaban J connectivity index is 1.52. The predicted octanol–water partition coefficient (Wildman–Crippen LogP) is 3.64. The number of rotatable bonds is 10. The fourth-order valence-electron chi connectivity index (χ4n) is 4.07. The summed E-state index contributed by atoms with van der Waals surface area (Å²) in [5.41, 5.74) is 2.83. The molecule has 13 heteroatoms. The van der Waals surface area contributed by atoms with Crippen molar-refractivity contribution in [3.63, 3.8) is 0 Å². The number of nitrogens with zero attached hydrogens (tertiary/aromatic N) is 4. The van der Waals surface area contributed by atoms with Gasteiger partial charge in [0.25, 0.3) is 0 Å². The summed E-state index contributed by atoms with van der Waals surface area (Å²) in [4.78, 5) is 35.6. The van der Waals surface area contributed by atoms with Crippen LogP contribution in [0.5, 0.6) is 5.75 Å². The van der Waals surface area contributed by atoms with Crippen LogP contribution in [0.3, 0.4) is 0 Å². The lowest BCUT2D eigenvalue weighted by molar-refractivity contribution is -0.134. The molecule has 40 heavy (non-hydrogen) atoms. The number of aromatic nitrogens is 2. The van der Waals surface area contributed by atoms with Crippen LogP contribution in [-0.4, -0.2) is 71.2 Å². The van der Waals surface area contributed by atoms with Gasteiger partial charge in [0.15, 0.2) is 5.75 Å². The van der Waals surface area contributed by atoms with E-state index in [1.165, 1.54) is 12.1 Å². The molecule has 0 unspecified atom stereocenters. The summed E-state index contributed by atoms with van der Waals surface area (Å²) in [7, 11) is 0. The van der Waals surface area contributed by atoms with Crippen LogP contribution < -0.4 is 25.6 Å². The molecule has 11 nitrogen and oxygen atoms in total. The van der Waals surface area contributed by atoms with Crippen molar-refractivity contribution in [2.24, 2.45) is 0 Å². The highest BCUT2D eigenvalue weighted by atomic mass is 19.3. The van der Waals surface area contributed by atoms with Crippen molar-refractivity contribution in [3.8, 4) is 5.75 Å². The molecule has 0 radical (unpaired) electrons. The quantitative estimate of drug-likeness (QED) is 0.278. The number of anilines is 6. The number of piperazine rings is 1. The van der Waals surface area contributed by atoms with E-state index in [1.807, 2.05) is 11.8 Å². The molecule has 4 N–H and O–H groups in total. The van der Waals surface area contributed by atoms with Crippen LogP contribution in [0, 0.1) is 6.92 Å². The third-order valence-electron chi connectivity index (χ3n) is 6.11. The van der Waals surface area contributed by atoms with Gasteiger partial charge in [0.2, 0.25) is 17.8 Å². The average molecular weight is 554 g/mol. The molecule has 0 spiro atoms. The van der Waals surface area contributed by atoms with E-state index in [4.69, 9.17) is 9.84 Å². The molecular weight excluding hydrogens is 524 g/mol. The molecule has 0 atom stereocenters. The van der Waals surface area contributed by atoms with Crippen molar-refractivity contribution >= 4 is 46.3 Å². The van der Waals surface area contributed by atoms with Gasteiger partial charge in [-0.05, 0) is 43.3 Å². The van der Waals surface area contributed by atoms with Gasteiger partial charge in [-0.3, -0.25) is 9.59 Å². The van der Waals surface area contributed by atoms with E-state index in [-0.39, 0.29) is 29.2 Å². The molecule has 4 rings (SSSR count). The largest absolute Gasteiger partial charge is 0.433 e. The molecule has 1 saturated heterocycles. The number of ether oxygens (including phenoxy) is 1. The third kappa shape index (κ3) is 7.20. The van der Waals surface area contributed by atoms with Crippen LogP contribution in [-0.2, 0) is 9.59 Å². The molecule has 3 aromatic rings. The van der Waals surface area contributed by atoms with Gasteiger partial charge in [0.1, 0.15) is 12.4 Å². The minimum Gasteiger partial charge on any atom is -0.433 e. The number of amides is 2. The molecule has 1 fully saturated rings. The number of alkyl halides is 2. The number of carbonyl (C=O) groups is 2. The number of benzene rings is 2. The number of carbonyl (C=O) groups excluding carboxylic acids is 2. The van der Waals surface area contributed by atoms with Crippen molar-refractivity contribution in [2.45, 2.75) is 13.5 Å². The zero-order valence-electron chi connectivity index (χ0n) is 21.7. The maximum absolute atomic E-state index is 13.3. The summed E-state index contributed by atoms with van der Waals surface area (Å²) < 4.78 is 31.4. The molecule has 2 amide bonds. The molecule has 0 aliphatic carbocycles. The smallest absolute Gasteiger partial charge is 0.387 e. The summed E-state index contributed by atoms with van der Waals surface area (Å²) in [5, 5.41) is 17.9. The Labute approximate surface area is 229 Å². The number of aliphatic hydroxyl groups is 1. The lowest BCUT2D eigenvalue weighted by Gasteiger charge is -2.36. The monoisotopic (exact) mass is 553 g/mol. The highest BCUT2D eigenvalue weighted by Crippen LogP contribution is 2.34. The predicted molar refractivity (Wildman–Crippen MR) is 148 cm³/mol. The second-order valence-electron chi connectivity index (χ2n) is 8.83. The summed E-state index contributed by atoms with van der Waals surface area (Å²) in [6.07, 6.45) is 2.75. The average Bonchev–Trinajstić information content (AvgIpc) is 2.95. The summed E-state index contributed by atoms with van der Waals surface area (Å²) in [5.74, 6) is -0.167. The normalized spacial score (nSPS) is 13.1. The molecule has 2 aromatic carbocycles. The van der Waals surface area contributed by atoms with Crippen LogP contribution in [0.1, 0.15) is 5.56 Å². The molecule has 0 bridgehead atoms. The van der Waals surface area contributed by atoms with E-state index >= 15 is 0 Å². The maximum Gasteiger partial charge on any atom is 0.387 e. The standard InChI is InChI=1S/C27H29F2N7O4/c1-3-23(38)31-18-5-4-6-19(13-18)32-25-17(2)15-30-27(34-25)33-21-8-7-20(14-22(21)40-26(28)29)35-9-11-36(12-10-35)24(39)16-37/h3-8,13-15,26,37H,1,9-12,16H2,2H3,(H,31,38)(H2,30,32,33,34). The molecular formula is C27H29F2N7O4. The lowest BCUT2D eigenvalue weighted by Crippen LogP contribution is -2.49. The van der Waals surface area contributed by atoms with Crippen LogP contribution in [0.4, 0.5) is 43.3 Å². The van der Waals surface area contributed by atoms with Crippen molar-refractivity contribution in [1.29, 1.82) is 0 Å². The minimum absolute atomic E-state index is 0.0919. The first-order valence-electron chi connectivity index (χ1n) is 12.4. The van der Waals surface area contributed by atoms with Crippen molar-refractivity contribution in [2.75, 3.05) is 53.6 Å². The summed E-state index contributed by atoms with van der Waals surface area (Å²) in [6.45, 7) is 3.40. The van der Waals surface area contributed by atoms with E-state index < -0.39 is 13.2 Å². The van der Waals surface area contributed by atoms with Gasteiger partial charge in [-0.2, -0.15) is 13.8 Å². The van der Waals surface area contributed by atoms with Gasteiger partial charge in [0.05, 0.1) is 5.69 Å². The second-order valence-corrected chi connectivity index (χ2v) is 8.83. The zero-order valence-corrected chi connectivity index (χ0v) is 21.7. The Morgan fingerprint density at radius 2 is 1.88 bits per heavy atom. The summed E-state index contributed by atoms with van der Waals surface area (Å²) >= 11 is 0. The number of hydrogen-bond donors (Lipinski definition) is 4. The van der Waals surface area contributed by atoms with Crippen molar-refractivity contribution in [3.05, 3.63) is 66.9 Å². The summed E-state index contributed by atoms with van der Waals surface area (Å²) in [6, 6.07) is 11.9. The van der Waals surface area contributed by atoms with E-state index in [2.05, 4.69) is 32.5 Å². The van der Waals surface area contributed by atoms with Gasteiger partial charge in [-0.25, -0.2) is 4.98 Å². The Morgan fingerprint density at radius 3 is 2.58 bits per heavy atom. The van der Waals surface area contributed by atoms with Gasteiger partial charge in [-0.1, -0.05) is 12.6 Å². The van der Waals surface area contributed by atoms with Crippen LogP contribution in [0.2, 0.25) is 0 Å². The second kappa shape index (κ2) is 12.8. The molecule has 0 saturated carbocycles. The van der Waals surface area contributed by atoms with Gasteiger partial charge >= 0.3 is 6.61 Å². The Hall–Kier alpha value is -4.78.